The molecule has 3 aromatic rings. The Balaban J connectivity index is 2.22. The molecule has 0 unspecified atom stereocenters. The highest BCUT2D eigenvalue weighted by atomic mass is 19.1. The van der Waals surface area contributed by atoms with E-state index in [1.54, 1.807) is 12.1 Å². The minimum Gasteiger partial charge on any atom is -0.354 e. The zero-order valence-electron chi connectivity index (χ0n) is 10.5. The molecule has 0 saturated carbocycles. The van der Waals surface area contributed by atoms with Gasteiger partial charge in [-0.15, -0.1) is 0 Å². The topological polar surface area (TPSA) is 48.7 Å². The van der Waals surface area contributed by atoms with Crippen molar-refractivity contribution in [2.45, 2.75) is 0 Å². The van der Waals surface area contributed by atoms with Gasteiger partial charge in [-0.2, -0.15) is 5.26 Å². The molecule has 0 bridgehead atoms. The number of aromatic nitrogens is 1. The quantitative estimate of drug-likeness (QED) is 0.760. The van der Waals surface area contributed by atoms with E-state index in [1.807, 2.05) is 30.3 Å². The summed E-state index contributed by atoms with van der Waals surface area (Å²) in [6, 6.07) is 16.2. The number of benzene rings is 2. The minimum atomic E-state index is -0.400. The molecule has 0 saturated heterocycles. The van der Waals surface area contributed by atoms with Gasteiger partial charge in [-0.25, -0.2) is 4.39 Å². The van der Waals surface area contributed by atoms with E-state index in [-0.39, 0.29) is 5.52 Å². The fourth-order valence-electron chi connectivity index (χ4n) is 2.07. The molecule has 1 aromatic heterocycles. The molecule has 20 heavy (non-hydrogen) atoms. The second-order valence-corrected chi connectivity index (χ2v) is 4.29. The Morgan fingerprint density at radius 1 is 1.05 bits per heavy atom. The van der Waals surface area contributed by atoms with E-state index in [1.165, 1.54) is 12.3 Å². The van der Waals surface area contributed by atoms with Gasteiger partial charge in [0.25, 0.3) is 0 Å². The molecule has 0 radical (unpaired) electrons. The van der Waals surface area contributed by atoms with Crippen LogP contribution in [0.1, 0.15) is 5.56 Å². The Kier molecular flexibility index (Phi) is 3.02. The van der Waals surface area contributed by atoms with E-state index in [0.717, 1.165) is 5.69 Å². The van der Waals surface area contributed by atoms with E-state index in [4.69, 9.17) is 0 Å². The Bertz CT molecular complexity index is 807. The lowest BCUT2D eigenvalue weighted by Gasteiger charge is -2.11. The third kappa shape index (κ3) is 2.06. The summed E-state index contributed by atoms with van der Waals surface area (Å²) < 4.78 is 13.8. The van der Waals surface area contributed by atoms with Crippen molar-refractivity contribution >= 4 is 22.3 Å². The van der Waals surface area contributed by atoms with Crippen molar-refractivity contribution < 1.29 is 4.39 Å². The van der Waals surface area contributed by atoms with Gasteiger partial charge in [0, 0.05) is 17.3 Å². The summed E-state index contributed by atoms with van der Waals surface area (Å²) in [7, 11) is 0. The fraction of sp³-hybridized carbons (Fsp3) is 0. The number of anilines is 2. The highest BCUT2D eigenvalue weighted by Crippen LogP contribution is 2.29. The third-order valence-corrected chi connectivity index (χ3v) is 3.01. The Morgan fingerprint density at radius 3 is 2.60 bits per heavy atom. The maximum atomic E-state index is 13.8. The number of nitrogens with zero attached hydrogens (tertiary/aromatic N) is 2. The molecule has 0 aliphatic carbocycles. The van der Waals surface area contributed by atoms with Crippen molar-refractivity contribution in [1.29, 1.82) is 5.26 Å². The number of rotatable bonds is 2. The molecule has 0 aliphatic rings. The Morgan fingerprint density at radius 2 is 1.85 bits per heavy atom. The zero-order valence-corrected chi connectivity index (χ0v) is 10.5. The molecular weight excluding hydrogens is 253 g/mol. The van der Waals surface area contributed by atoms with Gasteiger partial charge in [0.1, 0.15) is 17.4 Å². The van der Waals surface area contributed by atoms with Gasteiger partial charge in [-0.1, -0.05) is 30.3 Å². The van der Waals surface area contributed by atoms with Crippen LogP contribution >= 0.6 is 0 Å². The van der Waals surface area contributed by atoms with Crippen molar-refractivity contribution in [1.82, 2.24) is 4.98 Å². The van der Waals surface area contributed by atoms with Gasteiger partial charge < -0.3 is 5.32 Å². The molecule has 96 valence electrons. The smallest absolute Gasteiger partial charge is 0.149 e. The number of halogens is 1. The SMILES string of the molecule is N#Cc1cnc2c(F)cccc2c1Nc1ccccc1. The number of nitrogens with one attached hydrogen (secondary N) is 1. The van der Waals surface area contributed by atoms with Gasteiger partial charge in [0.05, 0.1) is 11.3 Å². The standard InChI is InChI=1S/C16H10FN3/c17-14-8-4-7-13-15(11(9-18)10-19-16(13)14)20-12-5-2-1-3-6-12/h1-8,10H,(H,19,20). The van der Waals surface area contributed by atoms with E-state index in [0.29, 0.717) is 16.6 Å². The summed E-state index contributed by atoms with van der Waals surface area (Å²) in [5, 5.41) is 13.0. The molecule has 3 nitrogen and oxygen atoms in total. The zero-order chi connectivity index (χ0) is 13.9. The predicted octanol–water partition coefficient (Wildman–Crippen LogP) is 3.99. The number of fused-ring (bicyclic) bond motifs is 1. The Labute approximate surface area is 115 Å². The number of nitriles is 1. The molecule has 2 aromatic carbocycles. The lowest BCUT2D eigenvalue weighted by molar-refractivity contribution is 0.637. The van der Waals surface area contributed by atoms with Gasteiger partial charge in [0.2, 0.25) is 0 Å². The predicted molar refractivity (Wildman–Crippen MR) is 76.1 cm³/mol. The molecular formula is C16H10FN3. The fourth-order valence-corrected chi connectivity index (χ4v) is 2.07. The van der Waals surface area contributed by atoms with Crippen molar-refractivity contribution in [2.24, 2.45) is 0 Å². The van der Waals surface area contributed by atoms with Crippen molar-refractivity contribution in [3.63, 3.8) is 0 Å². The molecule has 1 N–H and O–H groups in total. The van der Waals surface area contributed by atoms with Gasteiger partial charge in [-0.3, -0.25) is 4.98 Å². The normalized spacial score (nSPS) is 10.2. The van der Waals surface area contributed by atoms with Crippen LogP contribution in [0.15, 0.2) is 54.7 Å². The highest BCUT2D eigenvalue weighted by molar-refractivity contribution is 5.95. The van der Waals surface area contributed by atoms with Crippen LogP contribution in [0, 0.1) is 17.1 Å². The maximum Gasteiger partial charge on any atom is 0.149 e. The molecule has 3 rings (SSSR count). The maximum absolute atomic E-state index is 13.8. The van der Waals surface area contributed by atoms with Crippen molar-refractivity contribution in [2.75, 3.05) is 5.32 Å². The van der Waals surface area contributed by atoms with E-state index >= 15 is 0 Å². The van der Waals surface area contributed by atoms with Crippen molar-refractivity contribution in [3.05, 3.63) is 66.1 Å². The average molecular weight is 263 g/mol. The first-order chi connectivity index (χ1) is 9.79. The van der Waals surface area contributed by atoms with Crippen molar-refractivity contribution in [3.8, 4) is 6.07 Å². The summed E-state index contributed by atoms with van der Waals surface area (Å²) in [6.07, 6.45) is 1.39. The van der Waals surface area contributed by atoms with Gasteiger partial charge in [0.15, 0.2) is 0 Å². The Hall–Kier alpha value is -2.93. The average Bonchev–Trinajstić information content (AvgIpc) is 2.49. The number of hydrogen-bond donors (Lipinski definition) is 1. The molecule has 0 fully saturated rings. The second kappa shape index (κ2) is 4.98. The molecule has 4 heteroatoms. The molecule has 1 heterocycles. The monoisotopic (exact) mass is 263 g/mol. The number of hydrogen-bond acceptors (Lipinski definition) is 3. The first-order valence-corrected chi connectivity index (χ1v) is 6.09. The van der Waals surface area contributed by atoms with Crippen LogP contribution in [-0.2, 0) is 0 Å². The van der Waals surface area contributed by atoms with E-state index in [9.17, 15) is 9.65 Å². The first-order valence-electron chi connectivity index (χ1n) is 6.09. The number of para-hydroxylation sites is 2. The molecule has 0 amide bonds. The number of pyridine rings is 1. The summed E-state index contributed by atoms with van der Waals surface area (Å²) in [4.78, 5) is 4.02. The lowest BCUT2D eigenvalue weighted by Crippen LogP contribution is -1.97. The summed E-state index contributed by atoms with van der Waals surface area (Å²) in [5.74, 6) is -0.400. The van der Waals surface area contributed by atoms with E-state index < -0.39 is 5.82 Å². The van der Waals surface area contributed by atoms with Crippen LogP contribution in [0.4, 0.5) is 15.8 Å². The van der Waals surface area contributed by atoms with Gasteiger partial charge >= 0.3 is 0 Å². The van der Waals surface area contributed by atoms with Crippen LogP contribution in [0.5, 0.6) is 0 Å². The van der Waals surface area contributed by atoms with Gasteiger partial charge in [-0.05, 0) is 18.2 Å². The van der Waals surface area contributed by atoms with Crippen LogP contribution in [-0.4, -0.2) is 4.98 Å². The largest absolute Gasteiger partial charge is 0.354 e. The molecule has 0 aliphatic heterocycles. The first kappa shape index (κ1) is 12.1. The lowest BCUT2D eigenvalue weighted by atomic mass is 10.1. The summed E-state index contributed by atoms with van der Waals surface area (Å²) in [5.41, 5.74) is 2.04. The van der Waals surface area contributed by atoms with Crippen LogP contribution in [0.2, 0.25) is 0 Å². The third-order valence-electron chi connectivity index (χ3n) is 3.01. The summed E-state index contributed by atoms with van der Waals surface area (Å²) >= 11 is 0. The molecule has 0 spiro atoms. The van der Waals surface area contributed by atoms with Crippen LogP contribution < -0.4 is 5.32 Å². The van der Waals surface area contributed by atoms with E-state index in [2.05, 4.69) is 16.4 Å². The molecule has 0 atom stereocenters. The highest BCUT2D eigenvalue weighted by Gasteiger charge is 2.11. The minimum absolute atomic E-state index is 0.255. The van der Waals surface area contributed by atoms with Crippen LogP contribution in [0.25, 0.3) is 10.9 Å². The second-order valence-electron chi connectivity index (χ2n) is 4.29. The summed E-state index contributed by atoms with van der Waals surface area (Å²) in [6.45, 7) is 0. The van der Waals surface area contributed by atoms with Crippen LogP contribution in [0.3, 0.4) is 0 Å².